The number of aliphatic hydroxyl groups excluding tert-OH is 1. The van der Waals surface area contributed by atoms with Gasteiger partial charge in [-0.25, -0.2) is 0 Å². The molecule has 0 spiro atoms. The fourth-order valence-electron chi connectivity index (χ4n) is 4.40. The number of piperidine rings is 1. The maximum atomic E-state index is 12.6. The maximum Gasteiger partial charge on any atom is 0.401 e. The predicted octanol–water partition coefficient (Wildman–Crippen LogP) is 3.96. The van der Waals surface area contributed by atoms with Crippen molar-refractivity contribution >= 4 is 16.7 Å². The lowest BCUT2D eigenvalue weighted by Crippen LogP contribution is -2.41. The zero-order valence-electron chi connectivity index (χ0n) is 15.6. The monoisotopic (exact) mass is 382 g/mol. The van der Waals surface area contributed by atoms with Crippen LogP contribution in [-0.4, -0.2) is 52.8 Å². The molecule has 1 aliphatic rings. The molecule has 27 heavy (non-hydrogen) atoms. The number of alkyl halides is 3. The molecule has 0 saturated carbocycles. The minimum atomic E-state index is -4.16. The Morgan fingerprint density at radius 1 is 1.26 bits per heavy atom. The largest absolute Gasteiger partial charge is 0.401 e. The van der Waals surface area contributed by atoms with Crippen LogP contribution < -0.4 is 0 Å². The van der Waals surface area contributed by atoms with Crippen LogP contribution in [0.15, 0.2) is 24.3 Å². The van der Waals surface area contributed by atoms with E-state index in [-0.39, 0.29) is 17.7 Å². The molecular formula is C20H25F3N2O2. The molecule has 148 valence electrons. The third-order valence-corrected chi connectivity index (χ3v) is 5.70. The molecule has 1 fully saturated rings. The van der Waals surface area contributed by atoms with Crippen LogP contribution in [-0.2, 0) is 0 Å². The van der Waals surface area contributed by atoms with E-state index in [1.807, 2.05) is 31.2 Å². The van der Waals surface area contributed by atoms with Gasteiger partial charge < -0.3 is 9.67 Å². The lowest BCUT2D eigenvalue weighted by atomic mass is 9.90. The summed E-state index contributed by atoms with van der Waals surface area (Å²) in [6.45, 7) is 3.40. The highest BCUT2D eigenvalue weighted by molar-refractivity contribution is 6.10. The summed E-state index contributed by atoms with van der Waals surface area (Å²) in [7, 11) is 0. The smallest absolute Gasteiger partial charge is 0.388 e. The summed E-state index contributed by atoms with van der Waals surface area (Å²) in [5.74, 6) is -0.0734. The van der Waals surface area contributed by atoms with E-state index in [1.54, 1.807) is 0 Å². The standard InChI is InChI=1S/C20H25F3N2O2/c1-13(15-7-9-24(10-8-15)12-20(21,22)23)25-14(2)19(18(27)11-26)16-5-3-4-6-17(16)25/h3-6,13,15,26H,7-12H2,1-2H3/t13-/m1/s1. The average Bonchev–Trinajstić information content (AvgIpc) is 2.91. The fraction of sp³-hybridized carbons (Fsp3) is 0.550. The highest BCUT2D eigenvalue weighted by atomic mass is 19.4. The maximum absolute atomic E-state index is 12.6. The van der Waals surface area contributed by atoms with Crippen molar-refractivity contribution in [2.75, 3.05) is 26.2 Å². The van der Waals surface area contributed by atoms with Gasteiger partial charge in [0.15, 0.2) is 5.78 Å². The minimum Gasteiger partial charge on any atom is -0.388 e. The Morgan fingerprint density at radius 2 is 1.89 bits per heavy atom. The lowest BCUT2D eigenvalue weighted by molar-refractivity contribution is -0.149. The molecule has 2 heterocycles. The summed E-state index contributed by atoms with van der Waals surface area (Å²) in [6, 6.07) is 7.65. The second-order valence-electron chi connectivity index (χ2n) is 7.40. The van der Waals surface area contributed by atoms with E-state index in [0.29, 0.717) is 31.5 Å². The van der Waals surface area contributed by atoms with Crippen molar-refractivity contribution in [3.05, 3.63) is 35.5 Å². The number of carbonyl (C=O) groups excluding carboxylic acids is 1. The molecule has 0 radical (unpaired) electrons. The second kappa shape index (κ2) is 7.64. The highest BCUT2D eigenvalue weighted by Gasteiger charge is 2.34. The van der Waals surface area contributed by atoms with E-state index in [9.17, 15) is 23.1 Å². The van der Waals surface area contributed by atoms with Crippen LogP contribution >= 0.6 is 0 Å². The van der Waals surface area contributed by atoms with Crippen molar-refractivity contribution in [3.63, 3.8) is 0 Å². The van der Waals surface area contributed by atoms with Crippen molar-refractivity contribution < 1.29 is 23.1 Å². The summed E-state index contributed by atoms with van der Waals surface area (Å²) in [5, 5.41) is 10.1. The van der Waals surface area contributed by atoms with Crippen LogP contribution in [0, 0.1) is 12.8 Å². The van der Waals surface area contributed by atoms with Crippen molar-refractivity contribution in [2.45, 2.75) is 38.9 Å². The molecule has 2 aromatic rings. The number of hydrogen-bond donors (Lipinski definition) is 1. The zero-order chi connectivity index (χ0) is 19.8. The summed E-state index contributed by atoms with van der Waals surface area (Å²) in [5.41, 5.74) is 2.27. The molecule has 0 bridgehead atoms. The molecule has 1 saturated heterocycles. The molecule has 0 aliphatic carbocycles. The van der Waals surface area contributed by atoms with Gasteiger partial charge in [-0.05, 0) is 51.8 Å². The number of fused-ring (bicyclic) bond motifs is 1. The van der Waals surface area contributed by atoms with Crippen LogP contribution in [0.4, 0.5) is 13.2 Å². The Hall–Kier alpha value is -1.86. The van der Waals surface area contributed by atoms with E-state index in [1.165, 1.54) is 4.90 Å². The van der Waals surface area contributed by atoms with E-state index in [4.69, 9.17) is 0 Å². The average molecular weight is 382 g/mol. The predicted molar refractivity (Wildman–Crippen MR) is 98.0 cm³/mol. The fourth-order valence-corrected chi connectivity index (χ4v) is 4.40. The second-order valence-corrected chi connectivity index (χ2v) is 7.40. The van der Waals surface area contributed by atoms with Crippen molar-refractivity contribution in [2.24, 2.45) is 5.92 Å². The van der Waals surface area contributed by atoms with Gasteiger partial charge in [0.25, 0.3) is 0 Å². The van der Waals surface area contributed by atoms with Gasteiger partial charge in [-0.3, -0.25) is 9.69 Å². The third kappa shape index (κ3) is 4.04. The van der Waals surface area contributed by atoms with E-state index in [2.05, 4.69) is 11.5 Å². The molecule has 7 heteroatoms. The van der Waals surface area contributed by atoms with Crippen molar-refractivity contribution in [1.29, 1.82) is 0 Å². The molecule has 1 aliphatic heterocycles. The number of para-hydroxylation sites is 1. The van der Waals surface area contributed by atoms with Crippen LogP contribution in [0.1, 0.15) is 41.9 Å². The number of ketones is 1. The van der Waals surface area contributed by atoms with Crippen molar-refractivity contribution in [1.82, 2.24) is 9.47 Å². The van der Waals surface area contributed by atoms with Gasteiger partial charge in [-0.15, -0.1) is 0 Å². The normalized spacial score (nSPS) is 18.1. The number of rotatable bonds is 5. The Morgan fingerprint density at radius 3 is 2.48 bits per heavy atom. The third-order valence-electron chi connectivity index (χ3n) is 5.70. The van der Waals surface area contributed by atoms with Gasteiger partial charge in [-0.1, -0.05) is 18.2 Å². The summed E-state index contributed by atoms with van der Waals surface area (Å²) in [4.78, 5) is 13.7. The molecule has 1 aromatic heterocycles. The molecule has 0 amide bonds. The first kappa shape index (κ1) is 19.9. The van der Waals surface area contributed by atoms with E-state index >= 15 is 0 Å². The summed E-state index contributed by atoms with van der Waals surface area (Å²) < 4.78 is 39.9. The van der Waals surface area contributed by atoms with Crippen LogP contribution in [0.2, 0.25) is 0 Å². The topological polar surface area (TPSA) is 45.5 Å². The lowest BCUT2D eigenvalue weighted by Gasteiger charge is -2.36. The van der Waals surface area contributed by atoms with Gasteiger partial charge in [0.1, 0.15) is 6.61 Å². The van der Waals surface area contributed by atoms with Crippen LogP contribution in [0.25, 0.3) is 10.9 Å². The quantitative estimate of drug-likeness (QED) is 0.797. The molecule has 1 atom stereocenters. The minimum absolute atomic E-state index is 0.0585. The van der Waals surface area contributed by atoms with Crippen LogP contribution in [0.5, 0.6) is 0 Å². The first-order valence-electron chi connectivity index (χ1n) is 9.25. The molecule has 1 N–H and O–H groups in total. The molecule has 4 nitrogen and oxygen atoms in total. The number of benzene rings is 1. The van der Waals surface area contributed by atoms with Crippen molar-refractivity contribution in [3.8, 4) is 0 Å². The van der Waals surface area contributed by atoms with Gasteiger partial charge in [0.2, 0.25) is 0 Å². The van der Waals surface area contributed by atoms with Gasteiger partial charge >= 0.3 is 6.18 Å². The molecule has 3 rings (SSSR count). The van der Waals surface area contributed by atoms with Crippen LogP contribution in [0.3, 0.4) is 0 Å². The SMILES string of the molecule is Cc1c(C(=O)CO)c2ccccc2n1[C@H](C)C1CCN(CC(F)(F)F)CC1. The Labute approximate surface area is 156 Å². The summed E-state index contributed by atoms with van der Waals surface area (Å²) in [6.07, 6.45) is -2.79. The number of hydrogen-bond acceptors (Lipinski definition) is 3. The zero-order valence-corrected chi connectivity index (χ0v) is 15.6. The van der Waals surface area contributed by atoms with Gasteiger partial charge in [0, 0.05) is 28.2 Å². The number of carbonyl (C=O) groups is 1. The first-order valence-corrected chi connectivity index (χ1v) is 9.25. The van der Waals surface area contributed by atoms with E-state index < -0.39 is 19.3 Å². The number of halogens is 3. The first-order chi connectivity index (χ1) is 12.7. The Kier molecular flexibility index (Phi) is 5.63. The summed E-state index contributed by atoms with van der Waals surface area (Å²) >= 11 is 0. The van der Waals surface area contributed by atoms with Gasteiger partial charge in [-0.2, -0.15) is 13.2 Å². The molecular weight excluding hydrogens is 357 g/mol. The number of nitrogens with zero attached hydrogens (tertiary/aromatic N) is 2. The Balaban J connectivity index is 1.86. The Bertz CT molecular complexity index is 820. The number of aromatic nitrogens is 1. The van der Waals surface area contributed by atoms with Gasteiger partial charge in [0.05, 0.1) is 6.54 Å². The number of aliphatic hydroxyl groups is 1. The van der Waals surface area contributed by atoms with E-state index in [0.717, 1.165) is 16.6 Å². The molecule has 1 aromatic carbocycles. The number of Topliss-reactive ketones (excluding diaryl/α,β-unsaturated/α-hetero) is 1. The molecule has 0 unspecified atom stereocenters. The highest BCUT2D eigenvalue weighted by Crippen LogP contribution is 2.36. The number of likely N-dealkylation sites (tertiary alicyclic amines) is 1.